The Morgan fingerprint density at radius 2 is 1.61 bits per heavy atom. The first-order chi connectivity index (χ1) is 17.3. The van der Waals surface area contributed by atoms with E-state index in [-0.39, 0.29) is 36.0 Å². The molecule has 2 aliphatic heterocycles. The van der Waals surface area contributed by atoms with Crippen LogP contribution in [0.1, 0.15) is 42.5 Å². The lowest BCUT2D eigenvalue weighted by Crippen LogP contribution is -2.62. The number of alkyl halides is 7. The molecule has 206 valence electrons. The van der Waals surface area contributed by atoms with E-state index in [0.29, 0.717) is 6.07 Å². The van der Waals surface area contributed by atoms with Crippen LogP contribution in [0.2, 0.25) is 10.0 Å². The van der Waals surface area contributed by atoms with E-state index < -0.39 is 62.7 Å². The van der Waals surface area contributed by atoms with Crippen molar-refractivity contribution in [2.45, 2.75) is 49.5 Å². The van der Waals surface area contributed by atoms with Crippen molar-refractivity contribution in [3.63, 3.8) is 0 Å². The van der Waals surface area contributed by atoms with Crippen molar-refractivity contribution in [3.8, 4) is 0 Å². The molecule has 14 heteroatoms. The van der Waals surface area contributed by atoms with Crippen molar-refractivity contribution >= 4 is 34.8 Å². The maximum atomic E-state index is 15.3. The minimum Gasteiger partial charge on any atom is -0.381 e. The summed E-state index contributed by atoms with van der Waals surface area (Å²) in [5.41, 5.74) is -9.36. The quantitative estimate of drug-likeness (QED) is 0.423. The van der Waals surface area contributed by atoms with Crippen LogP contribution in [-0.2, 0) is 27.1 Å². The molecule has 4 rings (SSSR count). The van der Waals surface area contributed by atoms with E-state index in [1.54, 1.807) is 0 Å². The molecule has 1 saturated heterocycles. The highest BCUT2D eigenvalue weighted by atomic mass is 35.5. The summed E-state index contributed by atoms with van der Waals surface area (Å²) in [6.07, 6.45) is -11.3. The molecule has 0 spiro atoms. The second-order valence-corrected chi connectivity index (χ2v) is 10.5. The molecule has 2 heterocycles. The Morgan fingerprint density at radius 1 is 1.03 bits per heavy atom. The third-order valence-corrected chi connectivity index (χ3v) is 7.22. The number of rotatable bonds is 4. The van der Waals surface area contributed by atoms with Gasteiger partial charge in [-0.15, -0.1) is 0 Å². The molecule has 1 amide bonds. The third kappa shape index (κ3) is 4.82. The minimum atomic E-state index is -5.20. The predicted molar refractivity (Wildman–Crippen MR) is 124 cm³/mol. The molecule has 2 aromatic rings. The van der Waals surface area contributed by atoms with Crippen molar-refractivity contribution in [1.29, 1.82) is 0 Å². The van der Waals surface area contributed by atoms with Crippen LogP contribution >= 0.6 is 23.2 Å². The Morgan fingerprint density at radius 3 is 2.11 bits per heavy atom. The number of carbonyl (C=O) groups is 1. The zero-order valence-corrected chi connectivity index (χ0v) is 21.2. The molecule has 5 nitrogen and oxygen atoms in total. The van der Waals surface area contributed by atoms with E-state index in [4.69, 9.17) is 28.0 Å². The summed E-state index contributed by atoms with van der Waals surface area (Å²) in [4.78, 5) is 18.0. The third-order valence-electron chi connectivity index (χ3n) is 6.41. The zero-order valence-electron chi connectivity index (χ0n) is 19.6. The van der Waals surface area contributed by atoms with Crippen molar-refractivity contribution in [3.05, 3.63) is 68.7 Å². The summed E-state index contributed by atoms with van der Waals surface area (Å²) in [5, 5.41) is 11.6. The fourth-order valence-corrected chi connectivity index (χ4v) is 4.76. The molecule has 1 fully saturated rings. The highest BCUT2D eigenvalue weighted by Gasteiger charge is 2.63. The predicted octanol–water partition coefficient (Wildman–Crippen LogP) is 6.37. The van der Waals surface area contributed by atoms with Gasteiger partial charge in [0.1, 0.15) is 5.60 Å². The molecule has 38 heavy (non-hydrogen) atoms. The first kappa shape index (κ1) is 28.4. The highest BCUT2D eigenvalue weighted by Crippen LogP contribution is 2.51. The number of hydrogen-bond acceptors (Lipinski definition) is 4. The van der Waals surface area contributed by atoms with E-state index in [9.17, 15) is 36.2 Å². The van der Waals surface area contributed by atoms with Crippen molar-refractivity contribution in [1.82, 2.24) is 4.90 Å². The summed E-state index contributed by atoms with van der Waals surface area (Å²) in [6, 6.07) is 6.08. The van der Waals surface area contributed by atoms with Gasteiger partial charge in [0.05, 0.1) is 34.4 Å². The number of oxime groups is 1. The van der Waals surface area contributed by atoms with E-state index >= 15 is 4.39 Å². The van der Waals surface area contributed by atoms with Gasteiger partial charge in [-0.25, -0.2) is 4.39 Å². The Hall–Kier alpha value is -2.57. The van der Waals surface area contributed by atoms with Crippen LogP contribution in [0.5, 0.6) is 0 Å². The van der Waals surface area contributed by atoms with E-state index in [2.05, 4.69) is 5.16 Å². The molecule has 1 unspecified atom stereocenters. The molecule has 2 aliphatic rings. The molecule has 1 N–H and O–H groups in total. The molecule has 2 aromatic carbocycles. The second kappa shape index (κ2) is 8.99. The van der Waals surface area contributed by atoms with Gasteiger partial charge in [0.15, 0.2) is 5.67 Å². The number of carbonyl (C=O) groups excluding carboxylic acids is 1. The van der Waals surface area contributed by atoms with Crippen LogP contribution in [0.4, 0.5) is 30.7 Å². The largest absolute Gasteiger partial charge is 0.435 e. The van der Waals surface area contributed by atoms with Crippen LogP contribution < -0.4 is 0 Å². The first-order valence-electron chi connectivity index (χ1n) is 11.0. The fraction of sp³-hybridized carbons (Fsp3) is 0.417. The Labute approximate surface area is 221 Å². The van der Waals surface area contributed by atoms with Gasteiger partial charge >= 0.3 is 12.4 Å². The zero-order chi connectivity index (χ0) is 28.5. The van der Waals surface area contributed by atoms with Crippen LogP contribution in [0.25, 0.3) is 0 Å². The van der Waals surface area contributed by atoms with Gasteiger partial charge in [0.2, 0.25) is 0 Å². The number of halogens is 9. The van der Waals surface area contributed by atoms with Crippen LogP contribution in [0.3, 0.4) is 0 Å². The molecule has 0 bridgehead atoms. The van der Waals surface area contributed by atoms with Crippen molar-refractivity contribution in [2.75, 3.05) is 13.1 Å². The standard InChI is InChI=1S/C24H19Cl2F7N2O3/c1-20(2,37)19(36)35-10-21(27,11-35)13-5-3-12(4-6-13)17-9-22(38-34-17,24(31,32)33)14-7-15(23(28,29)30)18(26)16(25)8-14/h3-8,37H,9-11H2,1-2H3. The number of nitrogens with zero attached hydrogens (tertiary/aromatic N) is 2. The number of hydrogen-bond donors (Lipinski definition) is 1. The van der Waals surface area contributed by atoms with Gasteiger partial charge in [-0.1, -0.05) is 52.6 Å². The average molecular weight is 587 g/mol. The lowest BCUT2D eigenvalue weighted by atomic mass is 9.84. The first-order valence-corrected chi connectivity index (χ1v) is 11.7. The molecule has 1 atom stereocenters. The van der Waals surface area contributed by atoms with Gasteiger partial charge in [0.25, 0.3) is 11.5 Å². The maximum Gasteiger partial charge on any atom is 0.435 e. The van der Waals surface area contributed by atoms with Crippen LogP contribution in [-0.4, -0.2) is 46.5 Å². The fourth-order valence-electron chi connectivity index (χ4n) is 4.32. The Kier molecular flexibility index (Phi) is 6.73. The topological polar surface area (TPSA) is 62.1 Å². The van der Waals surface area contributed by atoms with Gasteiger partial charge in [0, 0.05) is 12.0 Å². The lowest BCUT2D eigenvalue weighted by molar-refractivity contribution is -0.276. The summed E-state index contributed by atoms with van der Waals surface area (Å²) < 4.78 is 98.2. The normalized spacial score (nSPS) is 21.6. The second-order valence-electron chi connectivity index (χ2n) is 9.71. The molecule has 0 saturated carbocycles. The smallest absolute Gasteiger partial charge is 0.381 e. The van der Waals surface area contributed by atoms with E-state index in [1.807, 2.05) is 0 Å². The van der Waals surface area contributed by atoms with Gasteiger partial charge in [-0.05, 0) is 37.1 Å². The lowest BCUT2D eigenvalue weighted by Gasteiger charge is -2.46. The number of benzene rings is 2. The molecular formula is C24H19Cl2F7N2O3. The summed E-state index contributed by atoms with van der Waals surface area (Å²) in [5.74, 6) is -0.653. The minimum absolute atomic E-state index is 0.114. The number of amides is 1. The van der Waals surface area contributed by atoms with Crippen molar-refractivity contribution in [2.24, 2.45) is 5.16 Å². The molecular weight excluding hydrogens is 568 g/mol. The van der Waals surface area contributed by atoms with E-state index in [0.717, 1.165) is 4.90 Å². The maximum absolute atomic E-state index is 15.3. The van der Waals surface area contributed by atoms with Crippen molar-refractivity contribution < 1.29 is 45.5 Å². The van der Waals surface area contributed by atoms with E-state index in [1.165, 1.54) is 38.1 Å². The monoisotopic (exact) mass is 586 g/mol. The van der Waals surface area contributed by atoms with Gasteiger partial charge < -0.3 is 14.8 Å². The average Bonchev–Trinajstić information content (AvgIpc) is 3.24. The number of aliphatic hydroxyl groups is 1. The summed E-state index contributed by atoms with van der Waals surface area (Å²) >= 11 is 11.3. The summed E-state index contributed by atoms with van der Waals surface area (Å²) in [6.45, 7) is 1.90. The Balaban J connectivity index is 1.59. The molecule has 0 aliphatic carbocycles. The SMILES string of the molecule is CC(C)(O)C(=O)N1CC(F)(c2ccc(C3=NOC(c4cc(Cl)c(Cl)c(C(F)(F)F)c4)(C(F)(F)F)C3)cc2)C1. The van der Waals surface area contributed by atoms with Gasteiger partial charge in [-0.3, -0.25) is 4.79 Å². The Bertz CT molecular complexity index is 1300. The number of likely N-dealkylation sites (tertiary alicyclic amines) is 1. The highest BCUT2D eigenvalue weighted by molar-refractivity contribution is 6.42. The summed E-state index contributed by atoms with van der Waals surface area (Å²) in [7, 11) is 0. The molecule has 0 aromatic heterocycles. The molecule has 0 radical (unpaired) electrons. The van der Waals surface area contributed by atoms with Gasteiger partial charge in [-0.2, -0.15) is 26.3 Å². The van der Waals surface area contributed by atoms with Crippen LogP contribution in [0, 0.1) is 0 Å². The van der Waals surface area contributed by atoms with Crippen LogP contribution in [0.15, 0.2) is 41.6 Å².